The van der Waals surface area contributed by atoms with Crippen molar-refractivity contribution in [3.05, 3.63) is 52.1 Å². The first-order valence-corrected chi connectivity index (χ1v) is 11.2. The molecule has 0 saturated carbocycles. The Labute approximate surface area is 183 Å². The van der Waals surface area contributed by atoms with Crippen LogP contribution < -0.4 is 14.8 Å². The molecule has 0 unspecified atom stereocenters. The van der Waals surface area contributed by atoms with Crippen LogP contribution in [-0.2, 0) is 14.8 Å². The summed E-state index contributed by atoms with van der Waals surface area (Å²) in [7, 11) is -3.84. The van der Waals surface area contributed by atoms with E-state index in [2.05, 4.69) is 5.32 Å². The maximum absolute atomic E-state index is 12.7. The molecular formula is C20H19N3O8S. The molecule has 0 aliphatic carbocycles. The molecule has 2 aromatic carbocycles. The topological polar surface area (TPSA) is 145 Å². The van der Waals surface area contributed by atoms with Crippen LogP contribution in [0.4, 0.5) is 11.4 Å². The van der Waals surface area contributed by atoms with Gasteiger partial charge < -0.3 is 14.8 Å². The quantitative estimate of drug-likeness (QED) is 0.374. The summed E-state index contributed by atoms with van der Waals surface area (Å²) in [5.41, 5.74) is 0.00386. The third kappa shape index (κ3) is 4.27. The monoisotopic (exact) mass is 461 g/mol. The van der Waals surface area contributed by atoms with E-state index in [9.17, 15) is 28.1 Å². The second kappa shape index (κ2) is 8.55. The number of nitrogens with zero attached hydrogens (tertiary/aromatic N) is 2. The normalized spacial score (nSPS) is 16.1. The van der Waals surface area contributed by atoms with Gasteiger partial charge in [0.05, 0.1) is 15.5 Å². The molecule has 0 atom stereocenters. The van der Waals surface area contributed by atoms with Crippen molar-refractivity contribution in [3.8, 4) is 11.5 Å². The predicted octanol–water partition coefficient (Wildman–Crippen LogP) is 1.97. The number of nitro benzene ring substituents is 1. The fraction of sp³-hybridized carbons (Fsp3) is 0.300. The van der Waals surface area contributed by atoms with Crippen LogP contribution in [0.5, 0.6) is 11.5 Å². The molecule has 2 heterocycles. The summed E-state index contributed by atoms with van der Waals surface area (Å²) in [6.07, 6.45) is 1.48. The van der Waals surface area contributed by atoms with Crippen LogP contribution in [0.15, 0.2) is 41.3 Å². The zero-order valence-corrected chi connectivity index (χ0v) is 17.6. The molecule has 1 fully saturated rings. The second-order valence-corrected chi connectivity index (χ2v) is 9.20. The lowest BCUT2D eigenvalue weighted by atomic mass is 10.1. The van der Waals surface area contributed by atoms with Crippen molar-refractivity contribution in [2.45, 2.75) is 17.7 Å². The highest BCUT2D eigenvalue weighted by atomic mass is 32.2. The van der Waals surface area contributed by atoms with Crippen LogP contribution in [-0.4, -0.2) is 55.6 Å². The lowest BCUT2D eigenvalue weighted by Gasteiger charge is -2.18. The molecule has 0 bridgehead atoms. The molecule has 1 saturated heterocycles. The SMILES string of the molecule is O=C1COc2ccc(C(=O)COc3ccc(S(=O)(=O)N4CCCC4)cc3[N+](=O)[O-])cc2N1. The molecule has 168 valence electrons. The van der Waals surface area contributed by atoms with Crippen LogP contribution >= 0.6 is 0 Å². The summed E-state index contributed by atoms with van der Waals surface area (Å²) >= 11 is 0. The number of hydrogen-bond acceptors (Lipinski definition) is 8. The molecule has 2 aliphatic heterocycles. The van der Waals surface area contributed by atoms with Gasteiger partial charge >= 0.3 is 5.69 Å². The number of sulfonamides is 1. The fourth-order valence-electron chi connectivity index (χ4n) is 3.48. The molecule has 0 spiro atoms. The summed E-state index contributed by atoms with van der Waals surface area (Å²) in [6.45, 7) is 0.105. The third-order valence-corrected chi connectivity index (χ3v) is 7.02. The van der Waals surface area contributed by atoms with Crippen molar-refractivity contribution in [1.29, 1.82) is 0 Å². The molecular weight excluding hydrogens is 442 g/mol. The van der Waals surface area contributed by atoms with Crippen molar-refractivity contribution in [3.63, 3.8) is 0 Å². The van der Waals surface area contributed by atoms with Crippen molar-refractivity contribution < 1.29 is 32.4 Å². The van der Waals surface area contributed by atoms with E-state index < -0.39 is 33.0 Å². The first-order valence-electron chi connectivity index (χ1n) is 9.77. The van der Waals surface area contributed by atoms with Gasteiger partial charge in [0.25, 0.3) is 5.91 Å². The van der Waals surface area contributed by atoms with Crippen LogP contribution in [0.3, 0.4) is 0 Å². The van der Waals surface area contributed by atoms with E-state index in [4.69, 9.17) is 9.47 Å². The maximum atomic E-state index is 12.7. The van der Waals surface area contributed by atoms with Gasteiger partial charge in [0.1, 0.15) is 5.75 Å². The Morgan fingerprint density at radius 1 is 1.19 bits per heavy atom. The van der Waals surface area contributed by atoms with Crippen molar-refractivity contribution in [1.82, 2.24) is 4.31 Å². The summed E-state index contributed by atoms with van der Waals surface area (Å²) in [5.74, 6) is -0.639. The Kier molecular flexibility index (Phi) is 5.80. The Hall–Kier alpha value is -3.51. The molecule has 4 rings (SSSR count). The first-order chi connectivity index (χ1) is 15.3. The summed E-state index contributed by atoms with van der Waals surface area (Å²) < 4.78 is 37.2. The van der Waals surface area contributed by atoms with Gasteiger partial charge in [0.2, 0.25) is 10.0 Å². The molecule has 12 heteroatoms. The summed E-state index contributed by atoms with van der Waals surface area (Å²) in [5, 5.41) is 14.1. The van der Waals surface area contributed by atoms with Crippen LogP contribution in [0, 0.1) is 10.1 Å². The smallest absolute Gasteiger partial charge is 0.312 e. The van der Waals surface area contributed by atoms with Crippen molar-refractivity contribution >= 4 is 33.1 Å². The van der Waals surface area contributed by atoms with Crippen molar-refractivity contribution in [2.75, 3.05) is 31.6 Å². The predicted molar refractivity (Wildman–Crippen MR) is 111 cm³/mol. The highest BCUT2D eigenvalue weighted by Gasteiger charge is 2.30. The van der Waals surface area contributed by atoms with E-state index in [1.165, 1.54) is 34.6 Å². The number of anilines is 1. The minimum Gasteiger partial charge on any atom is -0.482 e. The second-order valence-electron chi connectivity index (χ2n) is 7.26. The highest BCUT2D eigenvalue weighted by Crippen LogP contribution is 2.32. The maximum Gasteiger partial charge on any atom is 0.312 e. The van der Waals surface area contributed by atoms with E-state index >= 15 is 0 Å². The largest absolute Gasteiger partial charge is 0.482 e. The van der Waals surface area contributed by atoms with Gasteiger partial charge in [0.15, 0.2) is 24.7 Å². The minimum absolute atomic E-state index is 0.115. The van der Waals surface area contributed by atoms with E-state index in [-0.39, 0.29) is 28.7 Å². The molecule has 2 aliphatic rings. The Morgan fingerprint density at radius 2 is 1.94 bits per heavy atom. The van der Waals surface area contributed by atoms with Gasteiger partial charge in [-0.2, -0.15) is 4.31 Å². The van der Waals surface area contributed by atoms with E-state index in [0.29, 0.717) is 24.5 Å². The number of benzene rings is 2. The molecule has 11 nitrogen and oxygen atoms in total. The van der Waals surface area contributed by atoms with Crippen LogP contribution in [0.1, 0.15) is 23.2 Å². The van der Waals surface area contributed by atoms with Gasteiger partial charge in [-0.05, 0) is 43.2 Å². The van der Waals surface area contributed by atoms with Gasteiger partial charge in [0, 0.05) is 24.7 Å². The van der Waals surface area contributed by atoms with Crippen molar-refractivity contribution in [2.24, 2.45) is 0 Å². The van der Waals surface area contributed by atoms with E-state index in [1.54, 1.807) is 0 Å². The average molecular weight is 461 g/mol. The third-order valence-electron chi connectivity index (χ3n) is 5.12. The Bertz CT molecular complexity index is 1210. The van der Waals surface area contributed by atoms with Gasteiger partial charge in [-0.3, -0.25) is 19.7 Å². The molecule has 1 amide bonds. The van der Waals surface area contributed by atoms with Gasteiger partial charge in [-0.25, -0.2) is 8.42 Å². The molecule has 2 aromatic rings. The zero-order valence-electron chi connectivity index (χ0n) is 16.8. The van der Waals surface area contributed by atoms with E-state index in [1.807, 2.05) is 0 Å². The molecule has 0 aromatic heterocycles. The lowest BCUT2D eigenvalue weighted by Crippen LogP contribution is -2.27. The Morgan fingerprint density at radius 3 is 2.66 bits per heavy atom. The number of amides is 1. The molecule has 0 radical (unpaired) electrons. The van der Waals surface area contributed by atoms with Crippen LogP contribution in [0.25, 0.3) is 0 Å². The van der Waals surface area contributed by atoms with Crippen LogP contribution in [0.2, 0.25) is 0 Å². The number of ketones is 1. The number of hydrogen-bond donors (Lipinski definition) is 1. The average Bonchev–Trinajstić information content (AvgIpc) is 3.32. The van der Waals surface area contributed by atoms with Gasteiger partial charge in [-0.15, -0.1) is 0 Å². The standard InChI is InChI=1S/C20H19N3O8S/c24-17(13-3-5-18-15(9-13)21-20(25)12-31-18)11-30-19-6-4-14(10-16(19)23(26)27)32(28,29)22-7-1-2-8-22/h3-6,9-10H,1-2,7-8,11-12H2,(H,21,25). The summed E-state index contributed by atoms with van der Waals surface area (Å²) in [4.78, 5) is 34.5. The number of carbonyl (C=O) groups is 2. The number of carbonyl (C=O) groups excluding carboxylic acids is 2. The first kappa shape index (κ1) is 21.7. The number of nitro groups is 1. The molecule has 32 heavy (non-hydrogen) atoms. The highest BCUT2D eigenvalue weighted by molar-refractivity contribution is 7.89. The fourth-order valence-corrected chi connectivity index (χ4v) is 5.02. The minimum atomic E-state index is -3.84. The van der Waals surface area contributed by atoms with Gasteiger partial charge in [-0.1, -0.05) is 0 Å². The number of rotatable bonds is 7. The zero-order chi connectivity index (χ0) is 22.9. The molecule has 1 N–H and O–H groups in total. The number of fused-ring (bicyclic) bond motifs is 1. The number of ether oxygens (including phenoxy) is 2. The number of Topliss-reactive ketones (excluding diaryl/α,β-unsaturated/α-hetero) is 1. The Balaban J connectivity index is 1.52. The summed E-state index contributed by atoms with van der Waals surface area (Å²) in [6, 6.07) is 7.80. The lowest BCUT2D eigenvalue weighted by molar-refractivity contribution is -0.386. The van der Waals surface area contributed by atoms with E-state index in [0.717, 1.165) is 18.9 Å². The number of nitrogens with one attached hydrogen (secondary N) is 1.